The van der Waals surface area contributed by atoms with E-state index in [0.717, 1.165) is 32.7 Å². The smallest absolute Gasteiger partial charge is 0.258 e. The number of hydrogen-bond acceptors (Lipinski definition) is 6. The molecule has 0 atom stereocenters. The number of nitrogens with one attached hydrogen (secondary N) is 2. The number of thioether (sulfide) groups is 1. The summed E-state index contributed by atoms with van der Waals surface area (Å²) in [5.74, 6) is -0.314. The molecule has 2 aromatic carbocycles. The minimum atomic E-state index is -0.241. The van der Waals surface area contributed by atoms with Gasteiger partial charge in [0.15, 0.2) is 5.13 Å². The molecule has 32 heavy (non-hydrogen) atoms. The van der Waals surface area contributed by atoms with Gasteiger partial charge in [0.05, 0.1) is 21.5 Å². The van der Waals surface area contributed by atoms with Gasteiger partial charge in [-0.05, 0) is 62.2 Å². The third kappa shape index (κ3) is 5.15. The molecule has 2 N–H and O–H groups in total. The number of carbonyl (C=O) groups excluding carboxylic acids is 2. The van der Waals surface area contributed by atoms with Crippen molar-refractivity contribution in [2.45, 2.75) is 25.8 Å². The summed E-state index contributed by atoms with van der Waals surface area (Å²) in [5, 5.41) is 6.88. The number of thiazole rings is 1. The lowest BCUT2D eigenvalue weighted by molar-refractivity contribution is -0.113. The van der Waals surface area contributed by atoms with Crippen LogP contribution in [0.2, 0.25) is 0 Å². The van der Waals surface area contributed by atoms with Crippen LogP contribution < -0.4 is 10.6 Å². The van der Waals surface area contributed by atoms with Gasteiger partial charge < -0.3 is 10.6 Å². The molecule has 0 radical (unpaired) electrons. The van der Waals surface area contributed by atoms with Crippen molar-refractivity contribution in [1.82, 2.24) is 9.97 Å². The molecule has 0 aliphatic heterocycles. The van der Waals surface area contributed by atoms with E-state index in [-0.39, 0.29) is 17.6 Å². The molecule has 0 fully saturated rings. The zero-order valence-corrected chi connectivity index (χ0v) is 19.6. The first-order valence-electron chi connectivity index (χ1n) is 10.0. The number of benzene rings is 2. The van der Waals surface area contributed by atoms with Gasteiger partial charge in [-0.2, -0.15) is 0 Å². The quantitative estimate of drug-likeness (QED) is 0.364. The molecule has 0 saturated heterocycles. The van der Waals surface area contributed by atoms with E-state index in [9.17, 15) is 9.59 Å². The Morgan fingerprint density at radius 3 is 2.56 bits per heavy atom. The van der Waals surface area contributed by atoms with Crippen LogP contribution in [0.15, 0.2) is 59.6 Å². The molecular formula is C24H22N4O2S2. The molecule has 0 unspecified atom stereocenters. The molecule has 4 aromatic rings. The van der Waals surface area contributed by atoms with Gasteiger partial charge in [-0.25, -0.2) is 9.97 Å². The monoisotopic (exact) mass is 462 g/mol. The summed E-state index contributed by atoms with van der Waals surface area (Å²) in [4.78, 5) is 34.6. The summed E-state index contributed by atoms with van der Waals surface area (Å²) in [5.41, 5.74) is 4.73. The molecule has 0 spiro atoms. The molecule has 162 valence electrons. The Morgan fingerprint density at radius 2 is 1.78 bits per heavy atom. The van der Waals surface area contributed by atoms with Crippen LogP contribution in [0.3, 0.4) is 0 Å². The number of fused-ring (bicyclic) bond motifs is 1. The topological polar surface area (TPSA) is 84.0 Å². The Bertz CT molecular complexity index is 1280. The lowest BCUT2D eigenvalue weighted by Gasteiger charge is -2.13. The van der Waals surface area contributed by atoms with E-state index in [4.69, 9.17) is 0 Å². The van der Waals surface area contributed by atoms with Crippen molar-refractivity contribution in [2.24, 2.45) is 0 Å². The second kappa shape index (κ2) is 9.50. The highest BCUT2D eigenvalue weighted by atomic mass is 32.2. The summed E-state index contributed by atoms with van der Waals surface area (Å²) in [7, 11) is 0. The molecule has 6 nitrogen and oxygen atoms in total. The van der Waals surface area contributed by atoms with Crippen molar-refractivity contribution in [1.29, 1.82) is 0 Å². The summed E-state index contributed by atoms with van der Waals surface area (Å²) in [6.45, 7) is 5.73. The fraction of sp³-hybridized carbons (Fsp3) is 0.167. The summed E-state index contributed by atoms with van der Waals surface area (Å²) in [6.07, 6.45) is 0. The van der Waals surface area contributed by atoms with Gasteiger partial charge in [0.25, 0.3) is 5.91 Å². The second-order valence-electron chi connectivity index (χ2n) is 7.41. The van der Waals surface area contributed by atoms with E-state index in [1.807, 2.05) is 75.4 Å². The van der Waals surface area contributed by atoms with E-state index < -0.39 is 0 Å². The number of carbonyl (C=O) groups is 2. The minimum Gasteiger partial charge on any atom is -0.322 e. The van der Waals surface area contributed by atoms with Crippen molar-refractivity contribution in [3.63, 3.8) is 0 Å². The zero-order valence-electron chi connectivity index (χ0n) is 17.9. The predicted octanol–water partition coefficient (Wildman–Crippen LogP) is 5.60. The number of hydrogen-bond donors (Lipinski definition) is 2. The molecule has 0 aliphatic carbocycles. The number of aromatic nitrogens is 2. The standard InChI is InChI=1S/C24H22N4O2S2/c1-14-7-6-8-17(11-14)26-22(30)21-15(2)12-16(3)25-23(21)31-13-20(29)28-24-27-18-9-4-5-10-19(18)32-24/h4-12H,13H2,1-3H3,(H,26,30)(H,27,28,29). The third-order valence-corrected chi connectivity index (χ3v) is 6.62. The van der Waals surface area contributed by atoms with Gasteiger partial charge in [0.2, 0.25) is 5.91 Å². The number of pyridine rings is 1. The molecule has 4 rings (SSSR count). The van der Waals surface area contributed by atoms with Crippen molar-refractivity contribution in [3.05, 3.63) is 77.0 Å². The molecule has 2 heterocycles. The number of anilines is 2. The second-order valence-corrected chi connectivity index (χ2v) is 9.40. The number of aryl methyl sites for hydroxylation is 3. The maximum absolute atomic E-state index is 13.0. The van der Waals surface area contributed by atoms with Crippen molar-refractivity contribution in [3.8, 4) is 0 Å². The first-order chi connectivity index (χ1) is 15.4. The number of para-hydroxylation sites is 1. The zero-order chi connectivity index (χ0) is 22.7. The van der Waals surface area contributed by atoms with Gasteiger partial charge in [-0.1, -0.05) is 47.4 Å². The van der Waals surface area contributed by atoms with Crippen LogP contribution in [0.1, 0.15) is 27.2 Å². The summed E-state index contributed by atoms with van der Waals surface area (Å²) in [6, 6.07) is 17.2. The van der Waals surface area contributed by atoms with Gasteiger partial charge in [0, 0.05) is 11.4 Å². The van der Waals surface area contributed by atoms with Gasteiger partial charge in [0.1, 0.15) is 5.03 Å². The molecule has 0 bridgehead atoms. The molecule has 2 amide bonds. The normalized spacial score (nSPS) is 10.8. The lowest BCUT2D eigenvalue weighted by atomic mass is 10.1. The molecular weight excluding hydrogens is 440 g/mol. The van der Waals surface area contributed by atoms with Gasteiger partial charge in [-0.15, -0.1) is 0 Å². The van der Waals surface area contributed by atoms with Crippen molar-refractivity contribution >= 4 is 55.9 Å². The third-order valence-electron chi connectivity index (χ3n) is 4.69. The maximum Gasteiger partial charge on any atom is 0.258 e. The Kier molecular flexibility index (Phi) is 6.53. The number of nitrogens with zero attached hydrogens (tertiary/aromatic N) is 2. The molecule has 0 saturated carbocycles. The highest BCUT2D eigenvalue weighted by molar-refractivity contribution is 8.00. The predicted molar refractivity (Wildman–Crippen MR) is 132 cm³/mol. The fourth-order valence-electron chi connectivity index (χ4n) is 3.31. The number of amides is 2. The van der Waals surface area contributed by atoms with Crippen LogP contribution >= 0.6 is 23.1 Å². The molecule has 0 aliphatic rings. The fourth-order valence-corrected chi connectivity index (χ4v) is 5.14. The van der Waals surface area contributed by atoms with Crippen LogP contribution in [-0.4, -0.2) is 27.5 Å². The van der Waals surface area contributed by atoms with Crippen LogP contribution in [0, 0.1) is 20.8 Å². The SMILES string of the molecule is Cc1cccc(NC(=O)c2c(C)cc(C)nc2SCC(=O)Nc2nc3ccccc3s2)c1. The van der Waals surface area contributed by atoms with E-state index >= 15 is 0 Å². The highest BCUT2D eigenvalue weighted by Crippen LogP contribution is 2.28. The van der Waals surface area contributed by atoms with Crippen molar-refractivity contribution in [2.75, 3.05) is 16.4 Å². The molecule has 2 aromatic heterocycles. The van der Waals surface area contributed by atoms with Gasteiger partial charge in [-0.3, -0.25) is 9.59 Å². The Labute approximate surface area is 194 Å². The van der Waals surface area contributed by atoms with Gasteiger partial charge >= 0.3 is 0 Å². The maximum atomic E-state index is 13.0. The van der Waals surface area contributed by atoms with E-state index in [2.05, 4.69) is 20.6 Å². The Hall–Kier alpha value is -3.23. The highest BCUT2D eigenvalue weighted by Gasteiger charge is 2.19. The Balaban J connectivity index is 1.48. The summed E-state index contributed by atoms with van der Waals surface area (Å²) >= 11 is 2.68. The lowest BCUT2D eigenvalue weighted by Crippen LogP contribution is -2.18. The average Bonchev–Trinajstić information content (AvgIpc) is 3.14. The van der Waals surface area contributed by atoms with Crippen LogP contribution in [0.5, 0.6) is 0 Å². The summed E-state index contributed by atoms with van der Waals surface area (Å²) < 4.78 is 1.02. The first kappa shape index (κ1) is 22.0. The molecule has 8 heteroatoms. The van der Waals surface area contributed by atoms with Crippen LogP contribution in [0.4, 0.5) is 10.8 Å². The van der Waals surface area contributed by atoms with E-state index in [0.29, 0.717) is 15.7 Å². The van der Waals surface area contributed by atoms with E-state index in [1.165, 1.54) is 23.1 Å². The van der Waals surface area contributed by atoms with Crippen LogP contribution in [0.25, 0.3) is 10.2 Å². The number of rotatable bonds is 6. The average molecular weight is 463 g/mol. The van der Waals surface area contributed by atoms with E-state index in [1.54, 1.807) is 0 Å². The largest absolute Gasteiger partial charge is 0.322 e. The van der Waals surface area contributed by atoms with Crippen LogP contribution in [-0.2, 0) is 4.79 Å². The van der Waals surface area contributed by atoms with Crippen molar-refractivity contribution < 1.29 is 9.59 Å². The minimum absolute atomic E-state index is 0.122. The Morgan fingerprint density at radius 1 is 0.969 bits per heavy atom. The first-order valence-corrected chi connectivity index (χ1v) is 11.8.